The maximum Gasteiger partial charge on any atom is 0.320 e. The Morgan fingerprint density at radius 1 is 1.15 bits per heavy atom. The minimum absolute atomic E-state index is 0.0270. The van der Waals surface area contributed by atoms with Gasteiger partial charge in [0.05, 0.1) is 41.4 Å². The van der Waals surface area contributed by atoms with Gasteiger partial charge in [0.25, 0.3) is 5.91 Å². The number of hydrogen-bond acceptors (Lipinski definition) is 11. The van der Waals surface area contributed by atoms with Crippen molar-refractivity contribution >= 4 is 52.3 Å². The van der Waals surface area contributed by atoms with E-state index in [1.807, 2.05) is 39.1 Å². The van der Waals surface area contributed by atoms with Crippen LogP contribution in [0.4, 0.5) is 4.79 Å². The van der Waals surface area contributed by atoms with Crippen LogP contribution < -0.4 is 10.7 Å². The summed E-state index contributed by atoms with van der Waals surface area (Å²) >= 11 is 1.41. The van der Waals surface area contributed by atoms with E-state index in [0.717, 1.165) is 51.0 Å². The molecule has 0 aliphatic carbocycles. The highest BCUT2D eigenvalue weighted by molar-refractivity contribution is 7.10. The first-order valence-corrected chi connectivity index (χ1v) is 24.3. The summed E-state index contributed by atoms with van der Waals surface area (Å²) in [6.45, 7) is 20.0. The van der Waals surface area contributed by atoms with Crippen LogP contribution in [0.15, 0.2) is 54.6 Å². The summed E-state index contributed by atoms with van der Waals surface area (Å²) in [6.07, 6.45) is 5.33. The molecular formula is C50H67N9O7S. The number of thiazole rings is 1. The molecule has 3 aliphatic heterocycles. The summed E-state index contributed by atoms with van der Waals surface area (Å²) in [5, 5.41) is 8.16. The lowest BCUT2D eigenvalue weighted by atomic mass is 9.84. The van der Waals surface area contributed by atoms with E-state index < -0.39 is 34.9 Å². The standard InChI is InChI=1S/C50H67N9O7S/c1-11-42(61)56-21-22-58(32(5)26-56)48(64)55(9)44(31(3)4)46(62)53-38-24-41-52-39(27-67-41)34-16-17-40-36(23-34)37(45(57(40)12-2)35-15-13-19-51-43(35)33(6)65-10)25-49(7,8)29-66-30-50(28-60)18-14-20-59(54-50)47(38)63/h11,13,15-17,19,23,27-28,31-33,38,44,54H,1,12,14,18,20-22,24-26,29-30H2,2-10H3,(H,53,62)/t32-,33-,38-,44-,50-/m0/s1. The van der Waals surface area contributed by atoms with Gasteiger partial charge in [-0.05, 0) is 87.3 Å². The van der Waals surface area contributed by atoms with Gasteiger partial charge in [-0.1, -0.05) is 40.3 Å². The third-order valence-corrected chi connectivity index (χ3v) is 14.4. The van der Waals surface area contributed by atoms with E-state index >= 15 is 0 Å². The number of rotatable bonds is 10. The molecule has 360 valence electrons. The Balaban J connectivity index is 1.27. The zero-order chi connectivity index (χ0) is 48.4. The van der Waals surface area contributed by atoms with Crippen LogP contribution in [-0.4, -0.2) is 141 Å². The molecule has 3 aliphatic rings. The predicted octanol–water partition coefficient (Wildman–Crippen LogP) is 6.04. The number of urea groups is 1. The number of nitrogens with one attached hydrogen (secondary N) is 2. The van der Waals surface area contributed by atoms with Gasteiger partial charge in [-0.15, -0.1) is 11.3 Å². The zero-order valence-electron chi connectivity index (χ0n) is 40.5. The number of hydrazine groups is 1. The molecule has 1 aromatic carbocycles. The van der Waals surface area contributed by atoms with Gasteiger partial charge in [0.1, 0.15) is 23.9 Å². The van der Waals surface area contributed by atoms with Crippen molar-refractivity contribution in [3.05, 3.63) is 70.8 Å². The second kappa shape index (κ2) is 20.4. The smallest absolute Gasteiger partial charge is 0.320 e. The average molecular weight is 938 g/mol. The van der Waals surface area contributed by atoms with Crippen molar-refractivity contribution in [2.45, 2.75) is 110 Å². The average Bonchev–Trinajstić information content (AvgIpc) is 3.91. The Hall–Kier alpha value is -5.49. The number of ether oxygens (including phenoxy) is 2. The molecule has 0 saturated carbocycles. The van der Waals surface area contributed by atoms with Crippen LogP contribution in [0, 0.1) is 11.3 Å². The highest BCUT2D eigenvalue weighted by Gasteiger charge is 2.42. The van der Waals surface area contributed by atoms with Crippen molar-refractivity contribution in [3.8, 4) is 22.5 Å². The maximum absolute atomic E-state index is 14.8. The number of nitrogens with zero attached hydrogens (tertiary/aromatic N) is 7. The van der Waals surface area contributed by atoms with Crippen LogP contribution in [0.25, 0.3) is 33.4 Å². The van der Waals surface area contributed by atoms with Gasteiger partial charge in [-0.2, -0.15) is 0 Å². The number of amides is 5. The van der Waals surface area contributed by atoms with Gasteiger partial charge in [-0.25, -0.2) is 15.2 Å². The number of hydrogen-bond donors (Lipinski definition) is 2. The fourth-order valence-electron chi connectivity index (χ4n) is 9.99. The maximum atomic E-state index is 14.8. The molecule has 4 aromatic rings. The first kappa shape index (κ1) is 49.4. The van der Waals surface area contributed by atoms with Gasteiger partial charge in [0.2, 0.25) is 11.8 Å². The fourth-order valence-corrected chi connectivity index (χ4v) is 10.8. The van der Waals surface area contributed by atoms with E-state index in [2.05, 4.69) is 66.9 Å². The highest BCUT2D eigenvalue weighted by Crippen LogP contribution is 2.42. The Bertz CT molecular complexity index is 2500. The third-order valence-electron chi connectivity index (χ3n) is 13.5. The molecule has 0 radical (unpaired) electrons. The molecule has 7 rings (SSSR count). The lowest BCUT2D eigenvalue weighted by molar-refractivity contribution is -0.147. The monoisotopic (exact) mass is 937 g/mol. The van der Waals surface area contributed by atoms with Gasteiger partial charge in [-0.3, -0.25) is 24.4 Å². The summed E-state index contributed by atoms with van der Waals surface area (Å²) in [4.78, 5) is 83.6. The van der Waals surface area contributed by atoms with E-state index in [9.17, 15) is 24.0 Å². The van der Waals surface area contributed by atoms with Crippen molar-refractivity contribution in [1.82, 2.24) is 45.0 Å². The SMILES string of the molecule is C=CC(=O)N1CCN(C(=O)N(C)[C@H](C(=O)N[C@H]2Cc3nc(cs3)-c3ccc4c(c3)c(c(-c3cccnc3[C@H](C)OC)n4CC)CC(C)(C)COC[C@@]3(C=O)CCCN(N3)C2=O)C(C)C)[C@@H](C)C1. The number of benzene rings is 1. The van der Waals surface area contributed by atoms with Gasteiger partial charge < -0.3 is 38.9 Å². The second-order valence-corrected chi connectivity index (χ2v) is 20.4. The molecule has 0 unspecified atom stereocenters. The van der Waals surface area contributed by atoms with E-state index in [1.165, 1.54) is 27.3 Å². The molecule has 6 bridgehead atoms. The number of carbonyl (C=O) groups excluding carboxylic acids is 5. The summed E-state index contributed by atoms with van der Waals surface area (Å²) in [5.74, 6) is -1.45. The number of fused-ring (bicyclic) bond motifs is 6. The van der Waals surface area contributed by atoms with E-state index in [1.54, 1.807) is 30.2 Å². The first-order valence-electron chi connectivity index (χ1n) is 23.4. The number of likely N-dealkylation sites (N-methyl/N-ethyl adjacent to an activating group) is 1. The van der Waals surface area contributed by atoms with Crippen LogP contribution in [0.5, 0.6) is 0 Å². The van der Waals surface area contributed by atoms with Crippen molar-refractivity contribution in [2.75, 3.05) is 53.6 Å². The third kappa shape index (κ3) is 10.2. The van der Waals surface area contributed by atoms with Crippen LogP contribution >= 0.6 is 11.3 Å². The molecule has 17 heteroatoms. The Labute approximate surface area is 398 Å². The Morgan fingerprint density at radius 3 is 2.61 bits per heavy atom. The number of aldehydes is 1. The molecule has 16 nitrogen and oxygen atoms in total. The van der Waals surface area contributed by atoms with Crippen molar-refractivity contribution in [2.24, 2.45) is 11.3 Å². The zero-order valence-corrected chi connectivity index (χ0v) is 41.3. The summed E-state index contributed by atoms with van der Waals surface area (Å²) in [7, 11) is 3.29. The van der Waals surface area contributed by atoms with Crippen LogP contribution in [0.2, 0.25) is 0 Å². The molecule has 5 amide bonds. The Morgan fingerprint density at radius 2 is 1.93 bits per heavy atom. The quantitative estimate of drug-likeness (QED) is 0.141. The van der Waals surface area contributed by atoms with Crippen molar-refractivity contribution in [3.63, 3.8) is 0 Å². The van der Waals surface area contributed by atoms with E-state index in [4.69, 9.17) is 19.4 Å². The summed E-state index contributed by atoms with van der Waals surface area (Å²) in [6, 6.07) is 7.79. The lowest BCUT2D eigenvalue weighted by Gasteiger charge is -2.43. The van der Waals surface area contributed by atoms with E-state index in [0.29, 0.717) is 63.6 Å². The summed E-state index contributed by atoms with van der Waals surface area (Å²) < 4.78 is 14.7. The molecular weight excluding hydrogens is 871 g/mol. The number of pyridine rings is 1. The molecule has 2 N–H and O–H groups in total. The van der Waals surface area contributed by atoms with E-state index in [-0.39, 0.29) is 43.0 Å². The second-order valence-electron chi connectivity index (χ2n) is 19.4. The number of aryl methyl sites for hydroxylation is 1. The first-order chi connectivity index (χ1) is 31.9. The lowest BCUT2D eigenvalue weighted by Crippen LogP contribution is -2.67. The highest BCUT2D eigenvalue weighted by atomic mass is 32.1. The normalized spacial score (nSPS) is 22.2. The van der Waals surface area contributed by atoms with Crippen molar-refractivity contribution < 1.29 is 33.4 Å². The van der Waals surface area contributed by atoms with Gasteiger partial charge >= 0.3 is 6.03 Å². The minimum atomic E-state index is -1.19. The number of piperazine rings is 1. The largest absolute Gasteiger partial charge is 0.378 e. The van der Waals surface area contributed by atoms with Gasteiger partial charge in [0.15, 0.2) is 0 Å². The Kier molecular flexibility index (Phi) is 15.0. The predicted molar refractivity (Wildman–Crippen MR) is 259 cm³/mol. The molecule has 3 aromatic heterocycles. The molecule has 2 fully saturated rings. The van der Waals surface area contributed by atoms with Crippen LogP contribution in [0.3, 0.4) is 0 Å². The number of aromatic nitrogens is 3. The van der Waals surface area contributed by atoms with Crippen molar-refractivity contribution in [1.29, 1.82) is 0 Å². The topological polar surface area (TPSA) is 172 Å². The van der Waals surface area contributed by atoms with Crippen LogP contribution in [-0.2, 0) is 48.0 Å². The summed E-state index contributed by atoms with van der Waals surface area (Å²) in [5.41, 5.74) is 8.40. The molecule has 2 saturated heterocycles. The van der Waals surface area contributed by atoms with Crippen LogP contribution in [0.1, 0.15) is 83.7 Å². The minimum Gasteiger partial charge on any atom is -0.378 e. The molecule has 5 atom stereocenters. The number of carbonyl (C=O) groups is 5. The fraction of sp³-hybridized carbons (Fsp3) is 0.540. The molecule has 67 heavy (non-hydrogen) atoms. The molecule has 0 spiro atoms. The van der Waals surface area contributed by atoms with Gasteiger partial charge in [0, 0.05) is 93.0 Å². The number of methoxy groups -OCH3 is 1. The molecule has 6 heterocycles.